The zero-order chi connectivity index (χ0) is 9.26. The summed E-state index contributed by atoms with van der Waals surface area (Å²) in [5, 5.41) is 5.75. The van der Waals surface area contributed by atoms with Crippen molar-refractivity contribution in [1.82, 2.24) is 5.32 Å². The predicted octanol–water partition coefficient (Wildman–Crippen LogP) is 2.88. The molecule has 3 unspecified atom stereocenters. The minimum atomic E-state index is 0.761. The molecule has 0 aromatic carbocycles. The molecule has 0 bridgehead atoms. The Balaban J connectivity index is 1.75. The van der Waals surface area contributed by atoms with E-state index in [0.29, 0.717) is 0 Å². The molecule has 0 amide bonds. The van der Waals surface area contributed by atoms with E-state index in [1.807, 2.05) is 11.3 Å². The van der Waals surface area contributed by atoms with Crippen molar-refractivity contribution in [2.45, 2.75) is 32.9 Å². The highest BCUT2D eigenvalue weighted by atomic mass is 32.1. The summed E-state index contributed by atoms with van der Waals surface area (Å²) < 4.78 is 0. The zero-order valence-electron chi connectivity index (χ0n) is 8.29. The molecule has 1 nitrogen and oxygen atoms in total. The van der Waals surface area contributed by atoms with E-state index in [1.165, 1.54) is 11.3 Å². The van der Waals surface area contributed by atoms with Crippen molar-refractivity contribution in [3.8, 4) is 0 Å². The molecule has 2 heteroatoms. The van der Waals surface area contributed by atoms with Gasteiger partial charge in [-0.05, 0) is 29.7 Å². The van der Waals surface area contributed by atoms with Crippen LogP contribution in [0.1, 0.15) is 25.1 Å². The summed E-state index contributed by atoms with van der Waals surface area (Å²) in [7, 11) is 0. The van der Waals surface area contributed by atoms with Crippen LogP contribution in [0.2, 0.25) is 0 Å². The van der Waals surface area contributed by atoms with Crippen molar-refractivity contribution in [3.63, 3.8) is 0 Å². The minimum absolute atomic E-state index is 0.761. The quantitative estimate of drug-likeness (QED) is 0.782. The number of hydrogen-bond acceptors (Lipinski definition) is 2. The van der Waals surface area contributed by atoms with Gasteiger partial charge in [0.05, 0.1) is 0 Å². The van der Waals surface area contributed by atoms with E-state index in [2.05, 4.69) is 36.7 Å². The van der Waals surface area contributed by atoms with Crippen LogP contribution in [0, 0.1) is 11.8 Å². The highest BCUT2D eigenvalue weighted by Gasteiger charge is 2.33. The first kappa shape index (κ1) is 9.22. The molecule has 1 aromatic heterocycles. The summed E-state index contributed by atoms with van der Waals surface area (Å²) in [4.78, 5) is 1.45. The van der Waals surface area contributed by atoms with Gasteiger partial charge in [0, 0.05) is 17.5 Å². The Bertz CT molecular complexity index is 255. The van der Waals surface area contributed by atoms with Gasteiger partial charge >= 0.3 is 0 Å². The van der Waals surface area contributed by atoms with Gasteiger partial charge in [0.2, 0.25) is 0 Å². The van der Waals surface area contributed by atoms with Crippen LogP contribution in [0.5, 0.6) is 0 Å². The summed E-state index contributed by atoms with van der Waals surface area (Å²) in [5.74, 6) is 1.78. The summed E-state index contributed by atoms with van der Waals surface area (Å²) in [6.07, 6.45) is 1.35. The fourth-order valence-corrected chi connectivity index (χ4v) is 2.60. The average Bonchev–Trinajstić information content (AvgIpc) is 2.64. The fraction of sp³-hybridized carbons (Fsp3) is 0.636. The molecular formula is C11H17NS. The van der Waals surface area contributed by atoms with Gasteiger partial charge in [-0.15, -0.1) is 11.3 Å². The molecule has 1 aliphatic rings. The standard InChI is InChI=1S/C11H17NS/c1-8-6-11(9(8)2)12-7-10-4-3-5-13-10/h3-5,8-9,11-12H,6-7H2,1-2H3. The van der Waals surface area contributed by atoms with Gasteiger partial charge in [0.15, 0.2) is 0 Å². The van der Waals surface area contributed by atoms with Crippen molar-refractivity contribution >= 4 is 11.3 Å². The Kier molecular flexibility index (Phi) is 2.70. The number of thiophene rings is 1. The average molecular weight is 195 g/mol. The maximum Gasteiger partial charge on any atom is 0.0302 e. The third-order valence-corrected chi connectivity index (χ3v) is 4.15. The van der Waals surface area contributed by atoms with E-state index in [1.54, 1.807) is 0 Å². The molecule has 13 heavy (non-hydrogen) atoms. The van der Waals surface area contributed by atoms with Crippen molar-refractivity contribution in [2.75, 3.05) is 0 Å². The third kappa shape index (κ3) is 1.94. The summed E-state index contributed by atoms with van der Waals surface area (Å²) >= 11 is 1.84. The second kappa shape index (κ2) is 3.81. The molecule has 1 fully saturated rings. The van der Waals surface area contributed by atoms with Crippen molar-refractivity contribution in [2.24, 2.45) is 11.8 Å². The SMILES string of the molecule is CC1CC(NCc2cccs2)C1C. The Morgan fingerprint density at radius 1 is 1.54 bits per heavy atom. The Morgan fingerprint density at radius 2 is 2.38 bits per heavy atom. The van der Waals surface area contributed by atoms with E-state index < -0.39 is 0 Å². The lowest BCUT2D eigenvalue weighted by Gasteiger charge is -2.41. The van der Waals surface area contributed by atoms with Crippen LogP contribution in [0.15, 0.2) is 17.5 Å². The molecule has 0 spiro atoms. The molecule has 1 heterocycles. The van der Waals surface area contributed by atoms with Crippen LogP contribution in [-0.2, 0) is 6.54 Å². The van der Waals surface area contributed by atoms with E-state index >= 15 is 0 Å². The Morgan fingerprint density at radius 3 is 2.92 bits per heavy atom. The normalized spacial score (nSPS) is 32.9. The first-order chi connectivity index (χ1) is 6.27. The smallest absolute Gasteiger partial charge is 0.0302 e. The van der Waals surface area contributed by atoms with Crippen molar-refractivity contribution < 1.29 is 0 Å². The molecule has 0 radical (unpaired) electrons. The fourth-order valence-electron chi connectivity index (χ4n) is 1.94. The number of hydrogen-bond donors (Lipinski definition) is 1. The monoisotopic (exact) mass is 195 g/mol. The van der Waals surface area contributed by atoms with Crippen LogP contribution in [0.4, 0.5) is 0 Å². The molecule has 1 saturated carbocycles. The molecule has 2 rings (SSSR count). The topological polar surface area (TPSA) is 12.0 Å². The van der Waals surface area contributed by atoms with Gasteiger partial charge in [-0.3, -0.25) is 0 Å². The Labute approximate surface area is 84.2 Å². The van der Waals surface area contributed by atoms with Crippen LogP contribution >= 0.6 is 11.3 Å². The van der Waals surface area contributed by atoms with Crippen LogP contribution in [0.25, 0.3) is 0 Å². The lowest BCUT2D eigenvalue weighted by atomic mass is 9.71. The van der Waals surface area contributed by atoms with Gasteiger partial charge in [-0.2, -0.15) is 0 Å². The lowest BCUT2D eigenvalue weighted by molar-refractivity contribution is 0.137. The van der Waals surface area contributed by atoms with Gasteiger partial charge in [0.25, 0.3) is 0 Å². The molecule has 0 saturated heterocycles. The molecule has 72 valence electrons. The Hall–Kier alpha value is -0.340. The van der Waals surface area contributed by atoms with E-state index in [9.17, 15) is 0 Å². The van der Waals surface area contributed by atoms with E-state index in [0.717, 1.165) is 24.4 Å². The maximum absolute atomic E-state index is 3.61. The largest absolute Gasteiger partial charge is 0.309 e. The minimum Gasteiger partial charge on any atom is -0.309 e. The molecule has 0 aliphatic heterocycles. The maximum atomic E-state index is 3.61. The predicted molar refractivity (Wildman–Crippen MR) is 57.9 cm³/mol. The van der Waals surface area contributed by atoms with Crippen LogP contribution < -0.4 is 5.32 Å². The van der Waals surface area contributed by atoms with Crippen molar-refractivity contribution in [3.05, 3.63) is 22.4 Å². The summed E-state index contributed by atoms with van der Waals surface area (Å²) in [6, 6.07) is 5.08. The molecule has 3 atom stereocenters. The number of nitrogens with one attached hydrogen (secondary N) is 1. The van der Waals surface area contributed by atoms with E-state index in [-0.39, 0.29) is 0 Å². The molecule has 1 aliphatic carbocycles. The molecule has 1 aromatic rings. The van der Waals surface area contributed by atoms with Gasteiger partial charge in [0.1, 0.15) is 0 Å². The highest BCUT2D eigenvalue weighted by molar-refractivity contribution is 7.09. The van der Waals surface area contributed by atoms with E-state index in [4.69, 9.17) is 0 Å². The number of rotatable bonds is 3. The van der Waals surface area contributed by atoms with Crippen LogP contribution in [-0.4, -0.2) is 6.04 Å². The summed E-state index contributed by atoms with van der Waals surface area (Å²) in [5.41, 5.74) is 0. The molecular weight excluding hydrogens is 178 g/mol. The van der Waals surface area contributed by atoms with Gasteiger partial charge in [-0.1, -0.05) is 19.9 Å². The second-order valence-corrected chi connectivity index (χ2v) is 5.17. The zero-order valence-corrected chi connectivity index (χ0v) is 9.10. The van der Waals surface area contributed by atoms with Gasteiger partial charge in [-0.25, -0.2) is 0 Å². The first-order valence-electron chi connectivity index (χ1n) is 5.03. The van der Waals surface area contributed by atoms with Crippen molar-refractivity contribution in [1.29, 1.82) is 0 Å². The van der Waals surface area contributed by atoms with Crippen LogP contribution in [0.3, 0.4) is 0 Å². The summed E-state index contributed by atoms with van der Waals surface area (Å²) in [6.45, 7) is 5.74. The second-order valence-electron chi connectivity index (χ2n) is 4.14. The first-order valence-corrected chi connectivity index (χ1v) is 5.91. The van der Waals surface area contributed by atoms with Gasteiger partial charge < -0.3 is 5.32 Å². The lowest BCUT2D eigenvalue weighted by Crippen LogP contribution is -2.47. The molecule has 1 N–H and O–H groups in total. The highest BCUT2D eigenvalue weighted by Crippen LogP contribution is 2.33. The third-order valence-electron chi connectivity index (χ3n) is 3.28.